The van der Waals surface area contributed by atoms with E-state index in [2.05, 4.69) is 4.98 Å². The number of Topliss-reactive ketones (excluding diaryl/α,β-unsaturated/α-hetero) is 1. The molecular weight excluding hydrogens is 416 g/mol. The minimum Gasteiger partial charge on any atom is -0.507 e. The lowest BCUT2D eigenvalue weighted by Crippen LogP contribution is -2.30. The number of para-hydroxylation sites is 1. The summed E-state index contributed by atoms with van der Waals surface area (Å²) < 4.78 is 5.73. The zero-order valence-electron chi connectivity index (χ0n) is 18.9. The minimum absolute atomic E-state index is 0.0397. The highest BCUT2D eigenvalue weighted by Gasteiger charge is 2.47. The van der Waals surface area contributed by atoms with Gasteiger partial charge in [-0.1, -0.05) is 31.2 Å². The molecule has 1 amide bonds. The van der Waals surface area contributed by atoms with E-state index in [4.69, 9.17) is 4.74 Å². The quantitative estimate of drug-likeness (QED) is 0.326. The average molecular weight is 443 g/mol. The number of rotatable bonds is 6. The number of hydrogen-bond donors (Lipinski definition) is 1. The number of anilines is 1. The van der Waals surface area contributed by atoms with Crippen molar-refractivity contribution in [2.24, 2.45) is 0 Å². The Hall–Kier alpha value is -3.93. The molecule has 1 fully saturated rings. The fourth-order valence-electron chi connectivity index (χ4n) is 4.09. The monoisotopic (exact) mass is 442 g/mol. The number of aryl methyl sites for hydroxylation is 2. The van der Waals surface area contributed by atoms with Gasteiger partial charge >= 0.3 is 0 Å². The number of pyridine rings is 1. The Bertz CT molecular complexity index is 1230. The Balaban J connectivity index is 1.88. The third kappa shape index (κ3) is 4.12. The van der Waals surface area contributed by atoms with Gasteiger partial charge in [0.1, 0.15) is 11.5 Å². The molecule has 2 aromatic carbocycles. The predicted octanol–water partition coefficient (Wildman–Crippen LogP) is 5.11. The molecule has 0 radical (unpaired) electrons. The first-order valence-electron chi connectivity index (χ1n) is 10.9. The number of carbonyl (C=O) groups is 2. The molecule has 0 aliphatic carbocycles. The maximum atomic E-state index is 13.2. The number of hydrogen-bond acceptors (Lipinski definition) is 5. The van der Waals surface area contributed by atoms with Crippen LogP contribution in [-0.2, 0) is 9.59 Å². The van der Waals surface area contributed by atoms with Gasteiger partial charge in [-0.3, -0.25) is 19.5 Å². The van der Waals surface area contributed by atoms with E-state index in [1.807, 2.05) is 39.0 Å². The first-order chi connectivity index (χ1) is 15.9. The second kappa shape index (κ2) is 9.28. The van der Waals surface area contributed by atoms with Crippen LogP contribution >= 0.6 is 0 Å². The number of nitrogens with zero attached hydrogens (tertiary/aromatic N) is 2. The number of aromatic nitrogens is 1. The maximum absolute atomic E-state index is 13.2. The fraction of sp³-hybridized carbons (Fsp3) is 0.222. The van der Waals surface area contributed by atoms with Crippen LogP contribution in [0.1, 0.15) is 41.6 Å². The molecule has 1 N–H and O–H groups in total. The van der Waals surface area contributed by atoms with Crippen molar-refractivity contribution < 1.29 is 19.4 Å². The third-order valence-electron chi connectivity index (χ3n) is 5.73. The van der Waals surface area contributed by atoms with Gasteiger partial charge in [-0.2, -0.15) is 0 Å². The molecule has 6 heteroatoms. The number of carbonyl (C=O) groups excluding carboxylic acids is 2. The largest absolute Gasteiger partial charge is 0.507 e. The van der Waals surface area contributed by atoms with Crippen LogP contribution in [0.25, 0.3) is 5.76 Å². The molecule has 4 rings (SSSR count). The summed E-state index contributed by atoms with van der Waals surface area (Å²) in [5.74, 6) is -0.908. The lowest BCUT2D eigenvalue weighted by atomic mass is 9.95. The van der Waals surface area contributed by atoms with E-state index < -0.39 is 17.7 Å². The van der Waals surface area contributed by atoms with Gasteiger partial charge in [0.25, 0.3) is 11.7 Å². The zero-order valence-corrected chi connectivity index (χ0v) is 18.9. The molecule has 0 saturated carbocycles. The van der Waals surface area contributed by atoms with Gasteiger partial charge in [-0.25, -0.2) is 0 Å². The van der Waals surface area contributed by atoms with Crippen LogP contribution < -0.4 is 9.64 Å². The summed E-state index contributed by atoms with van der Waals surface area (Å²) in [4.78, 5) is 32.1. The van der Waals surface area contributed by atoms with Crippen LogP contribution in [0.15, 0.2) is 72.6 Å². The Kier molecular flexibility index (Phi) is 6.27. The van der Waals surface area contributed by atoms with E-state index in [-0.39, 0.29) is 11.3 Å². The number of ether oxygens (including phenoxy) is 1. The molecule has 0 spiro atoms. The van der Waals surface area contributed by atoms with Crippen LogP contribution in [0.4, 0.5) is 5.69 Å². The van der Waals surface area contributed by atoms with E-state index in [0.717, 1.165) is 23.3 Å². The van der Waals surface area contributed by atoms with Crippen molar-refractivity contribution in [2.45, 2.75) is 33.2 Å². The van der Waals surface area contributed by atoms with Crippen molar-refractivity contribution in [1.82, 2.24) is 4.98 Å². The smallest absolute Gasteiger partial charge is 0.300 e. The van der Waals surface area contributed by atoms with E-state index in [1.54, 1.807) is 48.8 Å². The van der Waals surface area contributed by atoms with Crippen molar-refractivity contribution in [3.63, 3.8) is 0 Å². The van der Waals surface area contributed by atoms with Gasteiger partial charge in [0, 0.05) is 23.6 Å². The molecule has 1 unspecified atom stereocenters. The number of amides is 1. The maximum Gasteiger partial charge on any atom is 0.300 e. The molecule has 1 aliphatic heterocycles. The molecule has 33 heavy (non-hydrogen) atoms. The molecule has 1 aliphatic rings. The Morgan fingerprint density at radius 1 is 1.06 bits per heavy atom. The van der Waals surface area contributed by atoms with Gasteiger partial charge < -0.3 is 9.84 Å². The minimum atomic E-state index is -0.795. The topological polar surface area (TPSA) is 79.7 Å². The summed E-state index contributed by atoms with van der Waals surface area (Å²) >= 11 is 0. The molecule has 2 heterocycles. The third-order valence-corrected chi connectivity index (χ3v) is 5.73. The van der Waals surface area contributed by atoms with Gasteiger partial charge in [-0.05, 0) is 67.3 Å². The number of aliphatic hydroxyl groups is 1. The van der Waals surface area contributed by atoms with Crippen molar-refractivity contribution in [2.75, 3.05) is 11.5 Å². The van der Waals surface area contributed by atoms with Crippen LogP contribution in [0.2, 0.25) is 0 Å². The Morgan fingerprint density at radius 3 is 2.52 bits per heavy atom. The fourth-order valence-corrected chi connectivity index (χ4v) is 4.09. The average Bonchev–Trinajstić information content (AvgIpc) is 3.09. The lowest BCUT2D eigenvalue weighted by Gasteiger charge is -2.26. The first-order valence-corrected chi connectivity index (χ1v) is 10.9. The van der Waals surface area contributed by atoms with Crippen LogP contribution in [0, 0.1) is 13.8 Å². The van der Waals surface area contributed by atoms with E-state index in [1.165, 1.54) is 4.90 Å². The standard InChI is InChI=1S/C27H26N2O4/c1-4-14-33-22-12-11-19(15-18(22)3)25(30)23-24(20-9-7-13-28-16-20)29(27(32)26(23)31)21-10-6-5-8-17(21)2/h5-13,15-16,24,30H,4,14H2,1-3H3/b25-23-. The van der Waals surface area contributed by atoms with Crippen molar-refractivity contribution >= 4 is 23.1 Å². The number of benzene rings is 2. The summed E-state index contributed by atoms with van der Waals surface area (Å²) in [6, 6.07) is 15.4. The van der Waals surface area contributed by atoms with E-state index in [0.29, 0.717) is 23.4 Å². The SMILES string of the molecule is CCCOc1ccc(/C(O)=C2/C(=O)C(=O)N(c3ccccc3C)C2c2cccnc2)cc1C. The molecule has 6 nitrogen and oxygen atoms in total. The predicted molar refractivity (Wildman–Crippen MR) is 127 cm³/mol. The van der Waals surface area contributed by atoms with Crippen molar-refractivity contribution in [1.29, 1.82) is 0 Å². The molecule has 0 bridgehead atoms. The first kappa shape index (κ1) is 22.3. The van der Waals surface area contributed by atoms with Crippen molar-refractivity contribution in [3.05, 3.63) is 94.8 Å². The normalized spacial score (nSPS) is 17.4. The summed E-state index contributed by atoms with van der Waals surface area (Å²) in [5.41, 5.74) is 3.43. The van der Waals surface area contributed by atoms with Gasteiger partial charge in [0.15, 0.2) is 0 Å². The van der Waals surface area contributed by atoms with Crippen LogP contribution in [0.5, 0.6) is 5.75 Å². The summed E-state index contributed by atoms with van der Waals surface area (Å²) in [6.07, 6.45) is 4.12. The summed E-state index contributed by atoms with van der Waals surface area (Å²) in [7, 11) is 0. The Morgan fingerprint density at radius 2 is 1.85 bits per heavy atom. The summed E-state index contributed by atoms with van der Waals surface area (Å²) in [5, 5.41) is 11.3. The van der Waals surface area contributed by atoms with Crippen LogP contribution in [-0.4, -0.2) is 28.4 Å². The summed E-state index contributed by atoms with van der Waals surface area (Å²) in [6.45, 7) is 6.38. The van der Waals surface area contributed by atoms with E-state index in [9.17, 15) is 14.7 Å². The second-order valence-electron chi connectivity index (χ2n) is 8.07. The zero-order chi connectivity index (χ0) is 23.5. The molecular formula is C27H26N2O4. The molecule has 1 saturated heterocycles. The van der Waals surface area contributed by atoms with Gasteiger partial charge in [-0.15, -0.1) is 0 Å². The second-order valence-corrected chi connectivity index (χ2v) is 8.07. The molecule has 1 aromatic heterocycles. The van der Waals surface area contributed by atoms with Gasteiger partial charge in [0.05, 0.1) is 18.2 Å². The number of ketones is 1. The highest BCUT2D eigenvalue weighted by atomic mass is 16.5. The Labute approximate surface area is 193 Å². The molecule has 168 valence electrons. The van der Waals surface area contributed by atoms with Crippen LogP contribution in [0.3, 0.4) is 0 Å². The van der Waals surface area contributed by atoms with Crippen molar-refractivity contribution in [3.8, 4) is 5.75 Å². The van der Waals surface area contributed by atoms with E-state index >= 15 is 0 Å². The molecule has 1 atom stereocenters. The van der Waals surface area contributed by atoms with Gasteiger partial charge in [0.2, 0.25) is 0 Å². The number of aliphatic hydroxyl groups excluding tert-OH is 1. The highest BCUT2D eigenvalue weighted by Crippen LogP contribution is 2.43. The highest BCUT2D eigenvalue weighted by molar-refractivity contribution is 6.51. The lowest BCUT2D eigenvalue weighted by molar-refractivity contribution is -0.132. The molecule has 3 aromatic rings.